The number of ether oxygens (including phenoxy) is 2. The van der Waals surface area contributed by atoms with Crippen molar-refractivity contribution in [3.8, 4) is 11.8 Å². The third-order valence-corrected chi connectivity index (χ3v) is 4.28. The largest absolute Gasteiger partial charge is 0.481 e. The molecule has 0 aromatic carbocycles. The third-order valence-electron chi connectivity index (χ3n) is 3.52. The molecule has 2 amide bonds. The van der Waals surface area contributed by atoms with E-state index in [0.29, 0.717) is 24.0 Å². The van der Waals surface area contributed by atoms with Crippen molar-refractivity contribution in [2.45, 2.75) is 25.4 Å². The van der Waals surface area contributed by atoms with Crippen molar-refractivity contribution in [2.75, 3.05) is 19.5 Å². The fourth-order valence-corrected chi connectivity index (χ4v) is 2.82. The first-order valence-electron chi connectivity index (χ1n) is 7.26. The van der Waals surface area contributed by atoms with E-state index in [9.17, 15) is 4.79 Å². The summed E-state index contributed by atoms with van der Waals surface area (Å²) >= 11 is 1.55. The fraction of sp³-hybridized carbons (Fsp3) is 0.400. The molecule has 2 heterocycles. The van der Waals surface area contributed by atoms with Crippen LogP contribution in [0, 0.1) is 0 Å². The lowest BCUT2D eigenvalue weighted by atomic mass is 10.4. The Morgan fingerprint density at radius 1 is 1.39 bits per heavy atom. The van der Waals surface area contributed by atoms with Crippen LogP contribution in [0.5, 0.6) is 11.8 Å². The van der Waals surface area contributed by atoms with Crippen molar-refractivity contribution in [2.24, 2.45) is 0 Å². The highest BCUT2D eigenvalue weighted by Gasteiger charge is 2.33. The number of rotatable bonds is 6. The molecule has 0 saturated heterocycles. The molecule has 0 unspecified atom stereocenters. The van der Waals surface area contributed by atoms with Crippen LogP contribution in [0.4, 0.5) is 10.5 Å². The Labute approximate surface area is 138 Å². The second-order valence-corrected chi connectivity index (χ2v) is 6.10. The zero-order valence-corrected chi connectivity index (χ0v) is 13.8. The van der Waals surface area contributed by atoms with Gasteiger partial charge in [0.05, 0.1) is 20.8 Å². The molecule has 1 fully saturated rings. The molecule has 0 spiro atoms. The molecule has 0 atom stereocenters. The van der Waals surface area contributed by atoms with Crippen LogP contribution in [-0.2, 0) is 6.54 Å². The predicted molar refractivity (Wildman–Crippen MR) is 87.0 cm³/mol. The monoisotopic (exact) mass is 334 g/mol. The predicted octanol–water partition coefficient (Wildman–Crippen LogP) is 2.75. The molecule has 122 valence electrons. The number of nitrogens with zero attached hydrogens (tertiary/aromatic N) is 3. The van der Waals surface area contributed by atoms with Crippen molar-refractivity contribution in [3.63, 3.8) is 0 Å². The maximum Gasteiger partial charge on any atom is 0.322 e. The van der Waals surface area contributed by atoms with E-state index < -0.39 is 0 Å². The Balaban J connectivity index is 1.74. The summed E-state index contributed by atoms with van der Waals surface area (Å²) in [7, 11) is 3.04. The highest BCUT2D eigenvalue weighted by atomic mass is 32.1. The van der Waals surface area contributed by atoms with Gasteiger partial charge in [-0.2, -0.15) is 4.98 Å². The average molecular weight is 334 g/mol. The minimum Gasteiger partial charge on any atom is -0.481 e. The molecule has 1 aliphatic carbocycles. The minimum absolute atomic E-state index is 0.173. The highest BCUT2D eigenvalue weighted by molar-refractivity contribution is 7.09. The maximum atomic E-state index is 12.6. The van der Waals surface area contributed by atoms with Crippen LogP contribution in [-0.4, -0.2) is 41.2 Å². The van der Waals surface area contributed by atoms with E-state index in [-0.39, 0.29) is 12.1 Å². The molecule has 3 rings (SSSR count). The normalized spacial score (nSPS) is 13.5. The third kappa shape index (κ3) is 3.70. The van der Waals surface area contributed by atoms with E-state index in [0.717, 1.165) is 17.8 Å². The first-order chi connectivity index (χ1) is 11.2. The summed E-state index contributed by atoms with van der Waals surface area (Å²) < 4.78 is 10.3. The van der Waals surface area contributed by atoms with Gasteiger partial charge in [0.1, 0.15) is 10.7 Å². The number of hydrogen-bond acceptors (Lipinski definition) is 6. The number of hydrogen-bond donors (Lipinski definition) is 1. The SMILES string of the molecule is COc1ccc(NC(=O)N(Cc2nccs2)C2CC2)c(OC)n1. The second-order valence-electron chi connectivity index (χ2n) is 5.13. The van der Waals surface area contributed by atoms with Crippen LogP contribution >= 0.6 is 11.3 Å². The number of thiazole rings is 1. The number of aromatic nitrogens is 2. The molecule has 0 aliphatic heterocycles. The lowest BCUT2D eigenvalue weighted by molar-refractivity contribution is 0.206. The van der Waals surface area contributed by atoms with Crippen LogP contribution in [0.3, 0.4) is 0 Å². The van der Waals surface area contributed by atoms with Crippen LogP contribution in [0.15, 0.2) is 23.7 Å². The van der Waals surface area contributed by atoms with Crippen LogP contribution < -0.4 is 14.8 Å². The van der Waals surface area contributed by atoms with E-state index in [1.54, 1.807) is 29.7 Å². The molecule has 7 nitrogen and oxygen atoms in total. The smallest absolute Gasteiger partial charge is 0.322 e. The van der Waals surface area contributed by atoms with Crippen molar-refractivity contribution in [3.05, 3.63) is 28.7 Å². The van der Waals surface area contributed by atoms with Crippen LogP contribution in [0.25, 0.3) is 0 Å². The molecule has 2 aromatic heterocycles. The molecule has 8 heteroatoms. The summed E-state index contributed by atoms with van der Waals surface area (Å²) in [6, 6.07) is 3.50. The molecule has 0 bridgehead atoms. The van der Waals surface area contributed by atoms with E-state index in [4.69, 9.17) is 9.47 Å². The lowest BCUT2D eigenvalue weighted by Gasteiger charge is -2.22. The number of methoxy groups -OCH3 is 2. The van der Waals surface area contributed by atoms with Gasteiger partial charge in [-0.15, -0.1) is 11.3 Å². The highest BCUT2D eigenvalue weighted by Crippen LogP contribution is 2.31. The molecular formula is C15H18N4O3S. The standard InChI is InChI=1S/C15H18N4O3S/c1-21-12-6-5-11(14(18-12)22-2)17-15(20)19(10-3-4-10)9-13-16-7-8-23-13/h5-8,10H,3-4,9H2,1-2H3,(H,17,20). The maximum absolute atomic E-state index is 12.6. The molecule has 1 N–H and O–H groups in total. The summed E-state index contributed by atoms with van der Waals surface area (Å²) in [5, 5.41) is 5.70. The lowest BCUT2D eigenvalue weighted by Crippen LogP contribution is -2.36. The number of carbonyl (C=O) groups excluding carboxylic acids is 1. The number of carbonyl (C=O) groups is 1. The first kappa shape index (κ1) is 15.5. The molecular weight excluding hydrogens is 316 g/mol. The van der Waals surface area contributed by atoms with Gasteiger partial charge in [-0.05, 0) is 18.9 Å². The van der Waals surface area contributed by atoms with Crippen LogP contribution in [0.1, 0.15) is 17.8 Å². The Hall–Kier alpha value is -2.35. The second kappa shape index (κ2) is 6.82. The van der Waals surface area contributed by atoms with Crippen molar-refractivity contribution in [1.82, 2.24) is 14.9 Å². The number of urea groups is 1. The van der Waals surface area contributed by atoms with Gasteiger partial charge in [-0.3, -0.25) is 0 Å². The van der Waals surface area contributed by atoms with Gasteiger partial charge in [-0.25, -0.2) is 9.78 Å². The van der Waals surface area contributed by atoms with Gasteiger partial charge < -0.3 is 19.7 Å². The number of nitrogens with one attached hydrogen (secondary N) is 1. The van der Waals surface area contributed by atoms with E-state index >= 15 is 0 Å². The van der Waals surface area contributed by atoms with Crippen molar-refractivity contribution in [1.29, 1.82) is 0 Å². The molecule has 23 heavy (non-hydrogen) atoms. The van der Waals surface area contributed by atoms with Gasteiger partial charge in [0.15, 0.2) is 0 Å². The van der Waals surface area contributed by atoms with Gasteiger partial charge in [0.25, 0.3) is 0 Å². The summed E-state index contributed by atoms with van der Waals surface area (Å²) in [6.45, 7) is 0.514. The van der Waals surface area contributed by atoms with Gasteiger partial charge in [-0.1, -0.05) is 0 Å². The Kier molecular flexibility index (Phi) is 4.61. The summed E-state index contributed by atoms with van der Waals surface area (Å²) in [6.07, 6.45) is 3.80. The number of amides is 2. The summed E-state index contributed by atoms with van der Waals surface area (Å²) in [5.74, 6) is 0.754. The zero-order chi connectivity index (χ0) is 16.2. The van der Waals surface area contributed by atoms with Crippen molar-refractivity contribution >= 4 is 23.1 Å². The van der Waals surface area contributed by atoms with E-state index in [1.165, 1.54) is 14.2 Å². The Morgan fingerprint density at radius 3 is 2.83 bits per heavy atom. The first-order valence-corrected chi connectivity index (χ1v) is 8.14. The summed E-state index contributed by atoms with van der Waals surface area (Å²) in [4.78, 5) is 22.9. The molecule has 0 radical (unpaired) electrons. The number of pyridine rings is 1. The quantitative estimate of drug-likeness (QED) is 0.879. The van der Waals surface area contributed by atoms with Gasteiger partial charge >= 0.3 is 6.03 Å². The topological polar surface area (TPSA) is 76.6 Å². The van der Waals surface area contributed by atoms with Crippen LogP contribution in [0.2, 0.25) is 0 Å². The van der Waals surface area contributed by atoms with E-state index in [1.807, 2.05) is 10.3 Å². The van der Waals surface area contributed by atoms with Crippen molar-refractivity contribution < 1.29 is 14.3 Å². The molecule has 2 aromatic rings. The minimum atomic E-state index is -0.173. The molecule has 1 aliphatic rings. The summed E-state index contributed by atoms with van der Waals surface area (Å²) in [5.41, 5.74) is 0.517. The molecule has 1 saturated carbocycles. The van der Waals surface area contributed by atoms with Gasteiger partial charge in [0.2, 0.25) is 11.8 Å². The average Bonchev–Trinajstić information content (AvgIpc) is 3.28. The van der Waals surface area contributed by atoms with Gasteiger partial charge in [0, 0.05) is 23.7 Å². The fourth-order valence-electron chi connectivity index (χ4n) is 2.20. The zero-order valence-electron chi connectivity index (χ0n) is 13.0. The number of anilines is 1. The van der Waals surface area contributed by atoms with E-state index in [2.05, 4.69) is 15.3 Å². The Bertz CT molecular complexity index is 673. The Morgan fingerprint density at radius 2 is 2.22 bits per heavy atom.